The van der Waals surface area contributed by atoms with Gasteiger partial charge in [0.25, 0.3) is 5.91 Å². The van der Waals surface area contributed by atoms with Gasteiger partial charge in [-0.2, -0.15) is 0 Å². The molecule has 0 aromatic heterocycles. The molecule has 1 unspecified atom stereocenters. The summed E-state index contributed by atoms with van der Waals surface area (Å²) in [6.45, 7) is 14.9. The number of anilines is 1. The Balaban J connectivity index is 2.38. The second kappa shape index (κ2) is 5.50. The van der Waals surface area contributed by atoms with Crippen LogP contribution < -0.4 is 4.90 Å². The van der Waals surface area contributed by atoms with Gasteiger partial charge in [0.1, 0.15) is 0 Å². The molecule has 0 saturated carbocycles. The van der Waals surface area contributed by atoms with Crippen LogP contribution in [0, 0.1) is 20.4 Å². The van der Waals surface area contributed by atoms with Gasteiger partial charge in [-0.1, -0.05) is 12.1 Å². The number of quaternary nitrogens is 1. The summed E-state index contributed by atoms with van der Waals surface area (Å²) >= 11 is 0. The van der Waals surface area contributed by atoms with Gasteiger partial charge >= 0.3 is 0 Å². The number of likely N-dealkylation sites (N-methyl/N-ethyl adjacent to an activating group) is 1. The van der Waals surface area contributed by atoms with Crippen molar-refractivity contribution in [3.8, 4) is 0 Å². The fourth-order valence-corrected chi connectivity index (χ4v) is 3.18. The summed E-state index contributed by atoms with van der Waals surface area (Å²) in [7, 11) is 4.24. The van der Waals surface area contributed by atoms with Gasteiger partial charge < -0.3 is 9.38 Å². The monoisotopic (exact) mass is 286 g/mol. The molecule has 0 N–H and O–H groups in total. The van der Waals surface area contributed by atoms with Crippen LogP contribution in [0.2, 0.25) is 0 Å². The van der Waals surface area contributed by atoms with Crippen LogP contribution in [0.1, 0.15) is 24.5 Å². The third kappa shape index (κ3) is 2.66. The Morgan fingerprint density at radius 2 is 1.90 bits per heavy atom. The summed E-state index contributed by atoms with van der Waals surface area (Å²) in [5, 5.41) is 0. The van der Waals surface area contributed by atoms with Crippen LogP contribution in [0.3, 0.4) is 0 Å². The van der Waals surface area contributed by atoms with E-state index >= 15 is 0 Å². The first-order chi connectivity index (χ1) is 9.81. The Morgan fingerprint density at radius 3 is 2.38 bits per heavy atom. The summed E-state index contributed by atoms with van der Waals surface area (Å²) < 4.78 is 0.730. The van der Waals surface area contributed by atoms with Crippen LogP contribution in [0.15, 0.2) is 12.1 Å². The molecule has 1 aliphatic rings. The Morgan fingerprint density at radius 1 is 1.33 bits per heavy atom. The number of nitrogens with zero attached hydrogens (tertiary/aromatic N) is 3. The molecule has 2 rings (SSSR count). The number of amides is 1. The minimum Gasteiger partial charge on any atom is -0.318 e. The second-order valence-electron chi connectivity index (χ2n) is 6.43. The molecule has 1 fully saturated rings. The summed E-state index contributed by atoms with van der Waals surface area (Å²) in [6, 6.07) is 3.78. The van der Waals surface area contributed by atoms with Gasteiger partial charge in [-0.05, 0) is 31.9 Å². The lowest BCUT2D eigenvalue weighted by molar-refractivity contribution is -0.903. The van der Waals surface area contributed by atoms with Gasteiger partial charge in [0.15, 0.2) is 11.7 Å². The highest BCUT2D eigenvalue weighted by molar-refractivity contribution is 6.00. The molecule has 4 nitrogen and oxygen atoms in total. The van der Waals surface area contributed by atoms with E-state index in [4.69, 9.17) is 6.57 Å². The number of hydrogen-bond donors (Lipinski definition) is 0. The Kier molecular flexibility index (Phi) is 4.06. The highest BCUT2D eigenvalue weighted by Crippen LogP contribution is 2.34. The quantitative estimate of drug-likeness (QED) is 0.619. The molecule has 1 atom stereocenters. The predicted octanol–water partition coefficient (Wildman–Crippen LogP) is 3.06. The first kappa shape index (κ1) is 15.5. The van der Waals surface area contributed by atoms with Crippen LogP contribution in [0.5, 0.6) is 0 Å². The van der Waals surface area contributed by atoms with Crippen LogP contribution in [-0.4, -0.2) is 43.6 Å². The molecule has 1 saturated heterocycles. The molecule has 1 aromatic carbocycles. The van der Waals surface area contributed by atoms with Crippen molar-refractivity contribution in [2.75, 3.05) is 32.1 Å². The number of rotatable bonds is 3. The van der Waals surface area contributed by atoms with Gasteiger partial charge in [0, 0.05) is 18.7 Å². The Bertz CT molecular complexity index is 590. The van der Waals surface area contributed by atoms with E-state index in [1.165, 1.54) is 0 Å². The van der Waals surface area contributed by atoms with Crippen LogP contribution in [-0.2, 0) is 4.79 Å². The average Bonchev–Trinajstić information content (AvgIpc) is 2.80. The van der Waals surface area contributed by atoms with E-state index in [0.717, 1.165) is 40.8 Å². The van der Waals surface area contributed by atoms with Crippen molar-refractivity contribution in [1.29, 1.82) is 0 Å². The van der Waals surface area contributed by atoms with Gasteiger partial charge in [0.2, 0.25) is 0 Å². The molecule has 0 aliphatic carbocycles. The zero-order chi connectivity index (χ0) is 15.8. The summed E-state index contributed by atoms with van der Waals surface area (Å²) in [4.78, 5) is 18.2. The lowest BCUT2D eigenvalue weighted by Crippen LogP contribution is -2.52. The first-order valence-corrected chi connectivity index (χ1v) is 7.44. The molecule has 0 radical (unpaired) electrons. The minimum absolute atomic E-state index is 0.0364. The molecule has 1 heterocycles. The van der Waals surface area contributed by atoms with E-state index in [0.29, 0.717) is 5.69 Å². The maximum Gasteiger partial charge on any atom is 0.285 e. The normalized spacial score (nSPS) is 19.0. The SMILES string of the molecule is [C-]#[N+]c1cc(C)c(N2CCC([N+](C)(C)CC)C2=O)c(C)c1. The molecule has 4 heteroatoms. The molecule has 1 aromatic rings. The van der Waals surface area contributed by atoms with Crippen molar-refractivity contribution in [3.63, 3.8) is 0 Å². The summed E-state index contributed by atoms with van der Waals surface area (Å²) in [5.41, 5.74) is 3.65. The van der Waals surface area contributed by atoms with Crippen molar-refractivity contribution in [3.05, 3.63) is 34.7 Å². The van der Waals surface area contributed by atoms with Gasteiger partial charge in [-0.15, -0.1) is 0 Å². The minimum atomic E-state index is 0.0364. The third-order valence-electron chi connectivity index (χ3n) is 4.71. The van der Waals surface area contributed by atoms with Crippen molar-refractivity contribution in [2.45, 2.75) is 33.2 Å². The number of aryl methyl sites for hydroxylation is 2. The predicted molar refractivity (Wildman–Crippen MR) is 85.6 cm³/mol. The van der Waals surface area contributed by atoms with E-state index in [1.807, 2.05) is 30.9 Å². The molecular formula is C17H24N3O+. The number of hydrogen-bond acceptors (Lipinski definition) is 1. The lowest BCUT2D eigenvalue weighted by Gasteiger charge is -2.33. The van der Waals surface area contributed by atoms with E-state index in [-0.39, 0.29) is 11.9 Å². The van der Waals surface area contributed by atoms with E-state index < -0.39 is 0 Å². The second-order valence-corrected chi connectivity index (χ2v) is 6.43. The highest BCUT2D eigenvalue weighted by atomic mass is 16.2. The molecule has 1 aliphatic heterocycles. The smallest absolute Gasteiger partial charge is 0.285 e. The molecule has 0 bridgehead atoms. The van der Waals surface area contributed by atoms with Crippen LogP contribution in [0.4, 0.5) is 11.4 Å². The first-order valence-electron chi connectivity index (χ1n) is 7.44. The molecule has 21 heavy (non-hydrogen) atoms. The molecule has 112 valence electrons. The van der Waals surface area contributed by atoms with Gasteiger partial charge in [-0.3, -0.25) is 4.79 Å². The third-order valence-corrected chi connectivity index (χ3v) is 4.71. The van der Waals surface area contributed by atoms with Crippen LogP contribution in [0.25, 0.3) is 4.85 Å². The van der Waals surface area contributed by atoms with Gasteiger partial charge in [0.05, 0.1) is 27.2 Å². The lowest BCUT2D eigenvalue weighted by atomic mass is 10.1. The van der Waals surface area contributed by atoms with Crippen molar-refractivity contribution < 1.29 is 9.28 Å². The molecular weight excluding hydrogens is 262 g/mol. The Labute approximate surface area is 127 Å². The Hall–Kier alpha value is -1.86. The van der Waals surface area contributed by atoms with Crippen LogP contribution >= 0.6 is 0 Å². The fourth-order valence-electron chi connectivity index (χ4n) is 3.18. The van der Waals surface area contributed by atoms with E-state index in [2.05, 4.69) is 25.9 Å². The van der Waals surface area contributed by atoms with E-state index in [9.17, 15) is 4.79 Å². The standard InChI is InChI=1S/C17H24N3O/c1-7-20(5,6)15-8-9-19(17(15)21)16-12(2)10-14(18-4)11-13(16)3/h10-11,15H,7-9H2,1-3,5-6H3/q+1. The zero-order valence-electron chi connectivity index (χ0n) is 13.6. The van der Waals surface area contributed by atoms with Crippen molar-refractivity contribution in [1.82, 2.24) is 0 Å². The molecule has 1 amide bonds. The number of benzene rings is 1. The maximum atomic E-state index is 12.8. The fraction of sp³-hybridized carbons (Fsp3) is 0.529. The number of carbonyl (C=O) groups excluding carboxylic acids is 1. The zero-order valence-corrected chi connectivity index (χ0v) is 13.6. The van der Waals surface area contributed by atoms with Crippen molar-refractivity contribution >= 4 is 17.3 Å². The van der Waals surface area contributed by atoms with Gasteiger partial charge in [-0.25, -0.2) is 4.85 Å². The van der Waals surface area contributed by atoms with Crippen molar-refractivity contribution in [2.24, 2.45) is 0 Å². The molecule has 0 spiro atoms. The maximum absolute atomic E-state index is 12.8. The highest BCUT2D eigenvalue weighted by Gasteiger charge is 2.43. The average molecular weight is 286 g/mol. The van der Waals surface area contributed by atoms with E-state index in [1.54, 1.807) is 0 Å². The largest absolute Gasteiger partial charge is 0.318 e. The summed E-state index contributed by atoms with van der Waals surface area (Å²) in [5.74, 6) is 0.212. The topological polar surface area (TPSA) is 24.7 Å². The summed E-state index contributed by atoms with van der Waals surface area (Å²) in [6.07, 6.45) is 0.892. The number of carbonyl (C=O) groups is 1.